The molecule has 2 N–H and O–H groups in total. The zero-order chi connectivity index (χ0) is 16.6. The monoisotopic (exact) mass is 325 g/mol. The quantitative estimate of drug-likeness (QED) is 0.594. The van der Waals surface area contributed by atoms with Gasteiger partial charge in [0.1, 0.15) is 0 Å². The van der Waals surface area contributed by atoms with E-state index >= 15 is 0 Å². The summed E-state index contributed by atoms with van der Waals surface area (Å²) in [6, 6.07) is 7.38. The zero-order valence-corrected chi connectivity index (χ0v) is 14.7. The Bertz CT molecular complexity index is 580. The number of hydrogen-bond donors (Lipinski definition) is 2. The highest BCUT2D eigenvalue weighted by molar-refractivity contribution is 7.90. The minimum absolute atomic E-state index is 0.353. The third-order valence-electron chi connectivity index (χ3n) is 3.36. The molecule has 124 valence electrons. The first-order chi connectivity index (χ1) is 10.4. The molecule has 0 heterocycles. The van der Waals surface area contributed by atoms with Crippen molar-refractivity contribution in [1.82, 2.24) is 10.6 Å². The number of rotatable bonds is 7. The lowest BCUT2D eigenvalue weighted by Gasteiger charge is -2.16. The van der Waals surface area contributed by atoms with E-state index in [1.54, 1.807) is 12.1 Å². The van der Waals surface area contributed by atoms with Crippen LogP contribution in [0.5, 0.6) is 0 Å². The van der Waals surface area contributed by atoms with Crippen molar-refractivity contribution in [2.45, 2.75) is 44.6 Å². The summed E-state index contributed by atoms with van der Waals surface area (Å²) < 4.78 is 22.8. The van der Waals surface area contributed by atoms with E-state index in [0.29, 0.717) is 17.5 Å². The molecule has 0 saturated heterocycles. The molecule has 5 nitrogen and oxygen atoms in total. The fraction of sp³-hybridized carbons (Fsp3) is 0.562. The molecular formula is C16H27N3O2S. The molecule has 22 heavy (non-hydrogen) atoms. The van der Waals surface area contributed by atoms with E-state index in [9.17, 15) is 8.42 Å². The van der Waals surface area contributed by atoms with Crippen molar-refractivity contribution in [3.05, 3.63) is 29.8 Å². The van der Waals surface area contributed by atoms with Crippen LogP contribution in [0.15, 0.2) is 34.2 Å². The minimum atomic E-state index is -3.12. The first-order valence-corrected chi connectivity index (χ1v) is 9.59. The predicted molar refractivity (Wildman–Crippen MR) is 92.1 cm³/mol. The maximum atomic E-state index is 11.4. The molecule has 1 unspecified atom stereocenters. The molecule has 1 atom stereocenters. The van der Waals surface area contributed by atoms with Gasteiger partial charge in [0, 0.05) is 25.4 Å². The summed E-state index contributed by atoms with van der Waals surface area (Å²) in [7, 11) is -3.12. The second kappa shape index (κ2) is 8.78. The van der Waals surface area contributed by atoms with Gasteiger partial charge in [-0.15, -0.1) is 0 Å². The van der Waals surface area contributed by atoms with E-state index in [2.05, 4.69) is 29.5 Å². The van der Waals surface area contributed by atoms with Gasteiger partial charge in [0.25, 0.3) is 0 Å². The molecule has 0 radical (unpaired) electrons. The van der Waals surface area contributed by atoms with Gasteiger partial charge in [-0.3, -0.25) is 4.99 Å². The first kappa shape index (κ1) is 18.5. The first-order valence-electron chi connectivity index (χ1n) is 7.70. The zero-order valence-electron chi connectivity index (χ0n) is 13.9. The molecule has 0 amide bonds. The largest absolute Gasteiger partial charge is 0.357 e. The maximum absolute atomic E-state index is 11.4. The molecule has 0 aliphatic carbocycles. The summed E-state index contributed by atoms with van der Waals surface area (Å²) in [5.41, 5.74) is 1.08. The Balaban J connectivity index is 2.61. The third-order valence-corrected chi connectivity index (χ3v) is 4.49. The predicted octanol–water partition coefficient (Wildman–Crippen LogP) is 1.99. The Morgan fingerprint density at radius 3 is 2.36 bits per heavy atom. The molecule has 1 aromatic rings. The number of aliphatic imine (C=N–C) groups is 1. The Labute approximate surface area is 134 Å². The minimum Gasteiger partial charge on any atom is -0.357 e. The van der Waals surface area contributed by atoms with E-state index in [1.165, 1.54) is 6.26 Å². The summed E-state index contributed by atoms with van der Waals surface area (Å²) in [6.07, 6.45) is 3.04. The lowest BCUT2D eigenvalue weighted by Crippen LogP contribution is -2.42. The number of benzene rings is 1. The van der Waals surface area contributed by atoms with Crippen molar-refractivity contribution >= 4 is 15.8 Å². The highest BCUT2D eigenvalue weighted by Gasteiger charge is 2.06. The van der Waals surface area contributed by atoms with Crippen LogP contribution in [0.3, 0.4) is 0 Å². The van der Waals surface area contributed by atoms with Crippen LogP contribution in [0, 0.1) is 0 Å². The van der Waals surface area contributed by atoms with Crippen LogP contribution in [0.4, 0.5) is 0 Å². The number of nitrogens with zero attached hydrogens (tertiary/aromatic N) is 1. The topological polar surface area (TPSA) is 70.6 Å². The second-order valence-corrected chi connectivity index (χ2v) is 7.40. The summed E-state index contributed by atoms with van der Waals surface area (Å²) in [5, 5.41) is 6.57. The molecule has 0 aliphatic rings. The lowest BCUT2D eigenvalue weighted by molar-refractivity contribution is 0.602. The fourth-order valence-corrected chi connectivity index (χ4v) is 2.49. The van der Waals surface area contributed by atoms with Crippen LogP contribution >= 0.6 is 0 Å². The summed E-state index contributed by atoms with van der Waals surface area (Å²) in [5.74, 6) is 0.824. The van der Waals surface area contributed by atoms with Crippen molar-refractivity contribution in [3.8, 4) is 0 Å². The summed E-state index contributed by atoms with van der Waals surface area (Å²) in [4.78, 5) is 4.90. The number of hydrogen-bond acceptors (Lipinski definition) is 3. The molecule has 0 aromatic heterocycles. The molecule has 0 bridgehead atoms. The van der Waals surface area contributed by atoms with E-state index in [-0.39, 0.29) is 0 Å². The van der Waals surface area contributed by atoms with Gasteiger partial charge in [-0.05, 0) is 44.4 Å². The maximum Gasteiger partial charge on any atom is 0.191 e. The van der Waals surface area contributed by atoms with Gasteiger partial charge < -0.3 is 10.6 Å². The molecule has 0 saturated carbocycles. The molecule has 1 aromatic carbocycles. The van der Waals surface area contributed by atoms with E-state index in [4.69, 9.17) is 0 Å². The Morgan fingerprint density at radius 2 is 1.86 bits per heavy atom. The van der Waals surface area contributed by atoms with Crippen molar-refractivity contribution in [1.29, 1.82) is 0 Å². The second-order valence-electron chi connectivity index (χ2n) is 5.38. The van der Waals surface area contributed by atoms with Crippen LogP contribution < -0.4 is 10.6 Å². The SMILES string of the molecule is CCNC(=NCCc1ccc(S(C)(=O)=O)cc1)NC(C)CC. The molecular weight excluding hydrogens is 298 g/mol. The van der Waals surface area contributed by atoms with Gasteiger partial charge >= 0.3 is 0 Å². The lowest BCUT2D eigenvalue weighted by atomic mass is 10.1. The molecule has 0 aliphatic heterocycles. The molecule has 0 fully saturated rings. The van der Waals surface area contributed by atoms with Gasteiger partial charge in [-0.1, -0.05) is 19.1 Å². The van der Waals surface area contributed by atoms with Gasteiger partial charge in [-0.2, -0.15) is 0 Å². The summed E-state index contributed by atoms with van der Waals surface area (Å²) >= 11 is 0. The highest BCUT2D eigenvalue weighted by atomic mass is 32.2. The highest BCUT2D eigenvalue weighted by Crippen LogP contribution is 2.10. The van der Waals surface area contributed by atoms with E-state index < -0.39 is 9.84 Å². The van der Waals surface area contributed by atoms with Crippen LogP contribution in [0.1, 0.15) is 32.8 Å². The number of guanidine groups is 1. The normalized spacial score (nSPS) is 13.7. The molecule has 0 spiro atoms. The Kier molecular flexibility index (Phi) is 7.38. The van der Waals surface area contributed by atoms with Crippen molar-refractivity contribution in [2.24, 2.45) is 4.99 Å². The standard InChI is InChI=1S/C16H27N3O2S/c1-5-13(3)19-16(17-6-2)18-12-11-14-7-9-15(10-8-14)22(4,20)21/h7-10,13H,5-6,11-12H2,1-4H3,(H2,17,18,19). The molecule has 1 rings (SSSR count). The average Bonchev–Trinajstić information content (AvgIpc) is 2.47. The van der Waals surface area contributed by atoms with Gasteiger partial charge in [0.15, 0.2) is 15.8 Å². The third kappa shape index (κ3) is 6.47. The van der Waals surface area contributed by atoms with Crippen molar-refractivity contribution < 1.29 is 8.42 Å². The summed E-state index contributed by atoms with van der Waals surface area (Å²) in [6.45, 7) is 7.77. The van der Waals surface area contributed by atoms with Crippen LogP contribution in [0.25, 0.3) is 0 Å². The number of sulfone groups is 1. The Morgan fingerprint density at radius 1 is 1.23 bits per heavy atom. The van der Waals surface area contributed by atoms with Crippen molar-refractivity contribution in [2.75, 3.05) is 19.3 Å². The fourth-order valence-electron chi connectivity index (χ4n) is 1.86. The van der Waals surface area contributed by atoms with Crippen LogP contribution in [-0.2, 0) is 16.3 Å². The Hall–Kier alpha value is -1.56. The molecule has 6 heteroatoms. The van der Waals surface area contributed by atoms with Crippen LogP contribution in [0.2, 0.25) is 0 Å². The average molecular weight is 325 g/mol. The number of nitrogens with one attached hydrogen (secondary N) is 2. The van der Waals surface area contributed by atoms with Gasteiger partial charge in [0.05, 0.1) is 4.90 Å². The smallest absolute Gasteiger partial charge is 0.191 e. The van der Waals surface area contributed by atoms with E-state index in [0.717, 1.165) is 30.9 Å². The van der Waals surface area contributed by atoms with Gasteiger partial charge in [-0.25, -0.2) is 8.42 Å². The van der Waals surface area contributed by atoms with Gasteiger partial charge in [0.2, 0.25) is 0 Å². The van der Waals surface area contributed by atoms with Crippen molar-refractivity contribution in [3.63, 3.8) is 0 Å². The van der Waals surface area contributed by atoms with Crippen LogP contribution in [-0.4, -0.2) is 39.8 Å². The van der Waals surface area contributed by atoms with E-state index in [1.807, 2.05) is 19.1 Å².